The molecule has 4 nitrogen and oxygen atoms in total. The van der Waals surface area contributed by atoms with Crippen molar-refractivity contribution in [3.05, 3.63) is 59.7 Å². The summed E-state index contributed by atoms with van der Waals surface area (Å²) in [6.07, 6.45) is 0.0346. The summed E-state index contributed by atoms with van der Waals surface area (Å²) in [7, 11) is 0. The molecule has 0 spiro atoms. The summed E-state index contributed by atoms with van der Waals surface area (Å²) in [4.78, 5) is 13.9. The highest BCUT2D eigenvalue weighted by molar-refractivity contribution is 5.95. The number of carbonyl (C=O) groups is 1. The molecule has 2 aromatic carbocycles. The number of benzene rings is 2. The number of carbonyl (C=O) groups excluding carboxylic acids is 1. The highest BCUT2D eigenvalue weighted by Crippen LogP contribution is 2.23. The van der Waals surface area contributed by atoms with Crippen LogP contribution in [-0.2, 0) is 0 Å². The molecule has 0 atom stereocenters. The molecule has 0 aromatic heterocycles. The third kappa shape index (κ3) is 2.84. The number of hydrogen-bond acceptors (Lipinski definition) is 3. The molecule has 0 bridgehead atoms. The zero-order valence-electron chi connectivity index (χ0n) is 11.8. The fourth-order valence-electron chi connectivity index (χ4n) is 2.37. The van der Waals surface area contributed by atoms with Gasteiger partial charge in [-0.2, -0.15) is 0 Å². The van der Waals surface area contributed by atoms with E-state index in [0.29, 0.717) is 18.7 Å². The second-order valence-corrected chi connectivity index (χ2v) is 5.27. The Morgan fingerprint density at radius 3 is 2.67 bits per heavy atom. The minimum Gasteiger partial charge on any atom is -0.508 e. The molecule has 108 valence electrons. The predicted octanol–water partition coefficient (Wildman–Crippen LogP) is 2.60. The van der Waals surface area contributed by atoms with E-state index in [-0.39, 0.29) is 17.8 Å². The number of aryl methyl sites for hydroxylation is 1. The maximum Gasteiger partial charge on any atom is 0.254 e. The number of aromatic hydroxyl groups is 1. The summed E-state index contributed by atoms with van der Waals surface area (Å²) < 4.78 is 5.88. The molecule has 21 heavy (non-hydrogen) atoms. The molecular formula is C17H17NO3. The molecule has 3 rings (SSSR count). The highest BCUT2D eigenvalue weighted by atomic mass is 16.5. The standard InChI is InChI=1S/C17H17NO3/c1-12-5-2-3-8-16(12)21-15-10-18(11-15)17(20)13-6-4-7-14(19)9-13/h2-9,15,19H,10-11H2,1H3. The van der Waals surface area contributed by atoms with Gasteiger partial charge in [0.1, 0.15) is 17.6 Å². The summed E-state index contributed by atoms with van der Waals surface area (Å²) in [5.41, 5.74) is 1.60. The quantitative estimate of drug-likeness (QED) is 0.942. The molecule has 4 heteroatoms. The van der Waals surface area contributed by atoms with E-state index in [1.54, 1.807) is 23.1 Å². The Hall–Kier alpha value is -2.49. The van der Waals surface area contributed by atoms with Crippen molar-refractivity contribution in [1.29, 1.82) is 0 Å². The number of amides is 1. The van der Waals surface area contributed by atoms with Crippen LogP contribution in [0.2, 0.25) is 0 Å². The molecule has 1 heterocycles. The van der Waals surface area contributed by atoms with Crippen LogP contribution >= 0.6 is 0 Å². The summed E-state index contributed by atoms with van der Waals surface area (Å²) in [5.74, 6) is 0.900. The average Bonchev–Trinajstić information content (AvgIpc) is 2.43. The zero-order valence-corrected chi connectivity index (χ0v) is 11.8. The predicted molar refractivity (Wildman–Crippen MR) is 79.6 cm³/mol. The molecule has 0 aliphatic carbocycles. The van der Waals surface area contributed by atoms with Gasteiger partial charge in [-0.1, -0.05) is 24.3 Å². The SMILES string of the molecule is Cc1ccccc1OC1CN(C(=O)c2cccc(O)c2)C1. The Bertz CT molecular complexity index is 663. The van der Waals surface area contributed by atoms with E-state index in [9.17, 15) is 9.90 Å². The van der Waals surface area contributed by atoms with Crippen molar-refractivity contribution < 1.29 is 14.6 Å². The van der Waals surface area contributed by atoms with Crippen molar-refractivity contribution in [2.75, 3.05) is 13.1 Å². The van der Waals surface area contributed by atoms with Crippen LogP contribution in [0.5, 0.6) is 11.5 Å². The van der Waals surface area contributed by atoms with Gasteiger partial charge in [0.05, 0.1) is 13.1 Å². The van der Waals surface area contributed by atoms with Crippen LogP contribution < -0.4 is 4.74 Å². The molecule has 1 saturated heterocycles. The van der Waals surface area contributed by atoms with Crippen LogP contribution in [0.15, 0.2) is 48.5 Å². The maximum atomic E-state index is 12.2. The second-order valence-electron chi connectivity index (χ2n) is 5.27. The van der Waals surface area contributed by atoms with Gasteiger partial charge in [-0.05, 0) is 36.8 Å². The number of nitrogens with zero attached hydrogens (tertiary/aromatic N) is 1. The van der Waals surface area contributed by atoms with Crippen LogP contribution in [0.4, 0.5) is 0 Å². The van der Waals surface area contributed by atoms with Crippen molar-refractivity contribution in [2.24, 2.45) is 0 Å². The molecule has 0 radical (unpaired) electrons. The number of phenolic OH excluding ortho intramolecular Hbond substituents is 1. The van der Waals surface area contributed by atoms with E-state index in [1.165, 1.54) is 6.07 Å². The number of phenols is 1. The number of likely N-dealkylation sites (tertiary alicyclic amines) is 1. The lowest BCUT2D eigenvalue weighted by Gasteiger charge is -2.39. The van der Waals surface area contributed by atoms with E-state index in [4.69, 9.17) is 4.74 Å². The molecular weight excluding hydrogens is 266 g/mol. The Balaban J connectivity index is 1.58. The van der Waals surface area contributed by atoms with Gasteiger partial charge < -0.3 is 14.7 Å². The van der Waals surface area contributed by atoms with E-state index >= 15 is 0 Å². The number of ether oxygens (including phenoxy) is 1. The maximum absolute atomic E-state index is 12.2. The molecule has 0 unspecified atom stereocenters. The van der Waals surface area contributed by atoms with Gasteiger partial charge in [-0.15, -0.1) is 0 Å². The van der Waals surface area contributed by atoms with Gasteiger partial charge in [-0.3, -0.25) is 4.79 Å². The van der Waals surface area contributed by atoms with E-state index in [1.807, 2.05) is 31.2 Å². The number of hydrogen-bond donors (Lipinski definition) is 1. The minimum atomic E-state index is -0.0736. The lowest BCUT2D eigenvalue weighted by atomic mass is 10.1. The Kier molecular flexibility index (Phi) is 3.52. The van der Waals surface area contributed by atoms with Gasteiger partial charge in [-0.25, -0.2) is 0 Å². The van der Waals surface area contributed by atoms with Crippen molar-refractivity contribution >= 4 is 5.91 Å². The van der Waals surface area contributed by atoms with E-state index < -0.39 is 0 Å². The molecule has 1 amide bonds. The fourth-order valence-corrected chi connectivity index (χ4v) is 2.37. The van der Waals surface area contributed by atoms with Crippen molar-refractivity contribution in [3.63, 3.8) is 0 Å². The van der Waals surface area contributed by atoms with E-state index in [2.05, 4.69) is 0 Å². The largest absolute Gasteiger partial charge is 0.508 e. The van der Waals surface area contributed by atoms with Crippen molar-refractivity contribution in [3.8, 4) is 11.5 Å². The molecule has 1 aliphatic heterocycles. The van der Waals surface area contributed by atoms with Gasteiger partial charge in [0.25, 0.3) is 5.91 Å². The molecule has 1 fully saturated rings. The van der Waals surface area contributed by atoms with Crippen LogP contribution in [0, 0.1) is 6.92 Å². The highest BCUT2D eigenvalue weighted by Gasteiger charge is 2.33. The zero-order chi connectivity index (χ0) is 14.8. The van der Waals surface area contributed by atoms with Crippen molar-refractivity contribution in [2.45, 2.75) is 13.0 Å². The topological polar surface area (TPSA) is 49.8 Å². The van der Waals surface area contributed by atoms with Crippen LogP contribution in [0.25, 0.3) is 0 Å². The smallest absolute Gasteiger partial charge is 0.254 e. The van der Waals surface area contributed by atoms with Gasteiger partial charge in [0.15, 0.2) is 0 Å². The lowest BCUT2D eigenvalue weighted by molar-refractivity contribution is 0.0175. The average molecular weight is 283 g/mol. The van der Waals surface area contributed by atoms with Gasteiger partial charge in [0.2, 0.25) is 0 Å². The Morgan fingerprint density at radius 1 is 1.19 bits per heavy atom. The Labute approximate surface area is 123 Å². The third-order valence-electron chi connectivity index (χ3n) is 3.62. The molecule has 0 saturated carbocycles. The van der Waals surface area contributed by atoms with Gasteiger partial charge in [0, 0.05) is 5.56 Å². The first-order valence-corrected chi connectivity index (χ1v) is 6.94. The number of para-hydroxylation sites is 1. The first-order valence-electron chi connectivity index (χ1n) is 6.94. The van der Waals surface area contributed by atoms with E-state index in [0.717, 1.165) is 11.3 Å². The monoisotopic (exact) mass is 283 g/mol. The summed E-state index contributed by atoms with van der Waals surface area (Å²) >= 11 is 0. The third-order valence-corrected chi connectivity index (χ3v) is 3.62. The van der Waals surface area contributed by atoms with Crippen LogP contribution in [-0.4, -0.2) is 35.1 Å². The Morgan fingerprint density at radius 2 is 1.95 bits per heavy atom. The van der Waals surface area contributed by atoms with Crippen LogP contribution in [0.3, 0.4) is 0 Å². The first kappa shape index (κ1) is 13.5. The first-order chi connectivity index (χ1) is 10.1. The second kappa shape index (κ2) is 5.48. The fraction of sp³-hybridized carbons (Fsp3) is 0.235. The van der Waals surface area contributed by atoms with Crippen LogP contribution in [0.1, 0.15) is 15.9 Å². The summed E-state index contributed by atoms with van der Waals surface area (Å²) in [5, 5.41) is 9.42. The minimum absolute atomic E-state index is 0.0346. The molecule has 1 N–H and O–H groups in total. The number of rotatable bonds is 3. The lowest BCUT2D eigenvalue weighted by Crippen LogP contribution is -2.56. The summed E-state index contributed by atoms with van der Waals surface area (Å²) in [6, 6.07) is 14.3. The molecule has 2 aromatic rings. The van der Waals surface area contributed by atoms with Crippen molar-refractivity contribution in [1.82, 2.24) is 4.90 Å². The molecule has 1 aliphatic rings. The normalized spacial score (nSPS) is 14.6. The summed E-state index contributed by atoms with van der Waals surface area (Å²) in [6.45, 7) is 3.15. The van der Waals surface area contributed by atoms with Gasteiger partial charge >= 0.3 is 0 Å².